The summed E-state index contributed by atoms with van der Waals surface area (Å²) in [6.45, 7) is 1.50. The molecule has 1 N–H and O–H groups in total. The number of thiophene rings is 1. The van der Waals surface area contributed by atoms with E-state index < -0.39 is 18.0 Å². The lowest BCUT2D eigenvalue weighted by Crippen LogP contribution is -2.30. The number of amides is 1. The van der Waals surface area contributed by atoms with Crippen LogP contribution >= 0.6 is 34.3 Å². The third-order valence-electron chi connectivity index (χ3n) is 3.27. The summed E-state index contributed by atoms with van der Waals surface area (Å²) in [4.78, 5) is 33.6. The molecule has 0 aromatic carbocycles. The Balaban J connectivity index is 1.52. The Morgan fingerprint density at radius 1 is 1.31 bits per heavy atom. The van der Waals surface area contributed by atoms with E-state index in [0.717, 1.165) is 9.88 Å². The van der Waals surface area contributed by atoms with Crippen molar-refractivity contribution in [3.8, 4) is 9.88 Å². The molecule has 1 atom stereocenters. The van der Waals surface area contributed by atoms with Crippen LogP contribution in [0.3, 0.4) is 0 Å². The molecule has 0 bridgehead atoms. The fraction of sp³-hybridized carbons (Fsp3) is 0.176. The first kappa shape index (κ1) is 18.5. The molecule has 0 saturated carbocycles. The quantitative estimate of drug-likeness (QED) is 0.624. The zero-order valence-corrected chi connectivity index (χ0v) is 16.0. The fourth-order valence-corrected chi connectivity index (χ4v) is 3.77. The summed E-state index contributed by atoms with van der Waals surface area (Å²) in [6.07, 6.45) is 0.482. The molecule has 0 aliphatic carbocycles. The fourth-order valence-electron chi connectivity index (χ4n) is 2.02. The molecule has 1 unspecified atom stereocenters. The first-order valence-corrected chi connectivity index (χ1v) is 9.75. The number of nitrogens with zero attached hydrogens (tertiary/aromatic N) is 2. The number of thiazole rings is 1. The Labute approximate surface area is 162 Å². The van der Waals surface area contributed by atoms with Gasteiger partial charge in [0.15, 0.2) is 6.10 Å². The van der Waals surface area contributed by atoms with Gasteiger partial charge in [-0.3, -0.25) is 9.59 Å². The Morgan fingerprint density at radius 2 is 2.15 bits per heavy atom. The third kappa shape index (κ3) is 4.87. The molecular formula is C17H14ClN3O3S2. The Hall–Kier alpha value is -2.29. The molecule has 3 aromatic rings. The van der Waals surface area contributed by atoms with E-state index >= 15 is 0 Å². The van der Waals surface area contributed by atoms with Crippen LogP contribution in [0.4, 0.5) is 5.82 Å². The number of ether oxygens (including phenoxy) is 1. The highest BCUT2D eigenvalue weighted by molar-refractivity contribution is 7.20. The summed E-state index contributed by atoms with van der Waals surface area (Å²) in [6, 6.07) is 7.10. The highest BCUT2D eigenvalue weighted by Gasteiger charge is 2.19. The molecule has 0 aliphatic heterocycles. The van der Waals surface area contributed by atoms with Gasteiger partial charge in [-0.25, -0.2) is 9.97 Å². The number of aromatic nitrogens is 2. The van der Waals surface area contributed by atoms with Crippen LogP contribution in [0.1, 0.15) is 12.6 Å². The molecule has 3 rings (SSSR count). The van der Waals surface area contributed by atoms with Crippen LogP contribution in [0.2, 0.25) is 5.02 Å². The Bertz CT molecular complexity index is 894. The molecule has 0 fully saturated rings. The van der Waals surface area contributed by atoms with Gasteiger partial charge in [0.05, 0.1) is 22.0 Å². The van der Waals surface area contributed by atoms with E-state index in [9.17, 15) is 9.59 Å². The molecule has 0 radical (unpaired) electrons. The molecule has 9 heteroatoms. The minimum absolute atomic E-state index is 0.0126. The van der Waals surface area contributed by atoms with Crippen LogP contribution < -0.4 is 5.32 Å². The van der Waals surface area contributed by atoms with Crippen molar-refractivity contribution in [2.24, 2.45) is 0 Å². The monoisotopic (exact) mass is 407 g/mol. The first-order valence-electron chi connectivity index (χ1n) is 7.61. The molecule has 3 heterocycles. The lowest BCUT2D eigenvalue weighted by atomic mass is 10.3. The smallest absolute Gasteiger partial charge is 0.312 e. The second-order valence-electron chi connectivity index (χ2n) is 5.28. The van der Waals surface area contributed by atoms with Crippen LogP contribution in [-0.2, 0) is 20.7 Å². The molecule has 3 aromatic heterocycles. The van der Waals surface area contributed by atoms with Gasteiger partial charge in [0.25, 0.3) is 5.91 Å². The summed E-state index contributed by atoms with van der Waals surface area (Å²) < 4.78 is 5.17. The van der Waals surface area contributed by atoms with Gasteiger partial charge in [0, 0.05) is 11.6 Å². The second kappa shape index (κ2) is 8.39. The lowest BCUT2D eigenvalue weighted by molar-refractivity contribution is -0.152. The van der Waals surface area contributed by atoms with E-state index in [1.165, 1.54) is 24.5 Å². The average molecular weight is 408 g/mol. The van der Waals surface area contributed by atoms with Gasteiger partial charge in [-0.2, -0.15) is 0 Å². The van der Waals surface area contributed by atoms with E-state index in [2.05, 4.69) is 15.3 Å². The summed E-state index contributed by atoms with van der Waals surface area (Å²) in [5.41, 5.74) is 0.621. The second-order valence-corrected chi connectivity index (χ2v) is 7.52. The maximum atomic E-state index is 12.1. The molecule has 0 aliphatic rings. The zero-order valence-electron chi connectivity index (χ0n) is 13.6. The van der Waals surface area contributed by atoms with Crippen LogP contribution in [0.5, 0.6) is 0 Å². The van der Waals surface area contributed by atoms with Crippen molar-refractivity contribution < 1.29 is 14.3 Å². The SMILES string of the molecule is CC(OC(=O)Cc1csc(-c2cccs2)n1)C(=O)Nc1ccc(Cl)cn1. The van der Waals surface area contributed by atoms with Gasteiger partial charge in [-0.1, -0.05) is 17.7 Å². The standard InChI is InChI=1S/C17H14ClN3O3S2/c1-10(16(23)21-14-5-4-11(18)8-19-14)24-15(22)7-12-9-26-17(20-12)13-3-2-6-25-13/h2-6,8-10H,7H2,1H3,(H,19,21,23). The largest absolute Gasteiger partial charge is 0.452 e. The lowest BCUT2D eigenvalue weighted by Gasteiger charge is -2.12. The molecule has 6 nitrogen and oxygen atoms in total. The number of hydrogen-bond acceptors (Lipinski definition) is 7. The summed E-state index contributed by atoms with van der Waals surface area (Å²) in [5, 5.41) is 7.68. The maximum Gasteiger partial charge on any atom is 0.312 e. The normalized spacial score (nSPS) is 11.8. The molecular weight excluding hydrogens is 394 g/mol. The van der Waals surface area contributed by atoms with E-state index in [1.54, 1.807) is 23.5 Å². The van der Waals surface area contributed by atoms with Gasteiger partial charge >= 0.3 is 5.97 Å². The number of anilines is 1. The summed E-state index contributed by atoms with van der Waals surface area (Å²) >= 11 is 8.80. The molecule has 0 spiro atoms. The summed E-state index contributed by atoms with van der Waals surface area (Å²) in [5.74, 6) is -0.646. The van der Waals surface area contributed by atoms with Crippen LogP contribution in [-0.4, -0.2) is 27.9 Å². The van der Waals surface area contributed by atoms with E-state index in [1.807, 2.05) is 22.9 Å². The molecule has 134 valence electrons. The van der Waals surface area contributed by atoms with E-state index in [-0.39, 0.29) is 6.42 Å². The Morgan fingerprint density at radius 3 is 2.85 bits per heavy atom. The number of nitrogens with one attached hydrogen (secondary N) is 1. The predicted molar refractivity (Wildman–Crippen MR) is 103 cm³/mol. The Kier molecular flexibility index (Phi) is 5.97. The van der Waals surface area contributed by atoms with Gasteiger partial charge in [0.2, 0.25) is 0 Å². The molecule has 26 heavy (non-hydrogen) atoms. The highest BCUT2D eigenvalue weighted by atomic mass is 35.5. The summed E-state index contributed by atoms with van der Waals surface area (Å²) in [7, 11) is 0. The number of hydrogen-bond donors (Lipinski definition) is 1. The topological polar surface area (TPSA) is 81.2 Å². The molecule has 1 amide bonds. The number of esters is 1. The number of rotatable bonds is 6. The van der Waals surface area contributed by atoms with Crippen LogP contribution in [0, 0.1) is 0 Å². The third-order valence-corrected chi connectivity index (χ3v) is 5.42. The van der Waals surface area contributed by atoms with Crippen LogP contribution in [0.15, 0.2) is 41.2 Å². The van der Waals surface area contributed by atoms with Crippen molar-refractivity contribution in [2.75, 3.05) is 5.32 Å². The number of carbonyl (C=O) groups is 2. The van der Waals surface area contributed by atoms with Crippen molar-refractivity contribution >= 4 is 52.0 Å². The number of carbonyl (C=O) groups excluding carboxylic acids is 2. The van der Waals surface area contributed by atoms with E-state index in [4.69, 9.17) is 16.3 Å². The highest BCUT2D eigenvalue weighted by Crippen LogP contribution is 2.28. The minimum atomic E-state index is -0.949. The predicted octanol–water partition coefficient (Wildman–Crippen LogP) is 4.03. The van der Waals surface area contributed by atoms with Gasteiger partial charge in [-0.05, 0) is 30.5 Å². The van der Waals surface area contributed by atoms with Crippen LogP contribution in [0.25, 0.3) is 9.88 Å². The van der Waals surface area contributed by atoms with E-state index in [0.29, 0.717) is 16.5 Å². The average Bonchev–Trinajstić information content (AvgIpc) is 3.28. The minimum Gasteiger partial charge on any atom is -0.452 e. The van der Waals surface area contributed by atoms with Gasteiger partial charge in [-0.15, -0.1) is 22.7 Å². The first-order chi connectivity index (χ1) is 12.5. The van der Waals surface area contributed by atoms with Gasteiger partial charge in [0.1, 0.15) is 10.8 Å². The maximum absolute atomic E-state index is 12.1. The molecule has 0 saturated heterocycles. The zero-order chi connectivity index (χ0) is 18.5. The number of halogens is 1. The van der Waals surface area contributed by atoms with Crippen molar-refractivity contribution in [2.45, 2.75) is 19.4 Å². The van der Waals surface area contributed by atoms with Gasteiger partial charge < -0.3 is 10.1 Å². The van der Waals surface area contributed by atoms with Crippen molar-refractivity contribution in [1.82, 2.24) is 9.97 Å². The van der Waals surface area contributed by atoms with Crippen molar-refractivity contribution in [1.29, 1.82) is 0 Å². The van der Waals surface area contributed by atoms with Crippen molar-refractivity contribution in [3.63, 3.8) is 0 Å². The number of pyridine rings is 1. The van der Waals surface area contributed by atoms with Crippen molar-refractivity contribution in [3.05, 3.63) is 51.9 Å².